The van der Waals surface area contributed by atoms with E-state index < -0.39 is 12.6 Å². The first-order valence-corrected chi connectivity index (χ1v) is 10.6. The monoisotopic (exact) mass is 473 g/mol. The van der Waals surface area contributed by atoms with Crippen LogP contribution in [-0.2, 0) is 24.2 Å². The molecule has 1 atom stereocenters. The summed E-state index contributed by atoms with van der Waals surface area (Å²) in [7, 11) is 0. The highest BCUT2D eigenvalue weighted by Gasteiger charge is 2.34. The van der Waals surface area contributed by atoms with E-state index in [2.05, 4.69) is 20.3 Å². The zero-order valence-corrected chi connectivity index (χ0v) is 18.5. The normalized spacial score (nSPS) is 14.3. The topological polar surface area (TPSA) is 101 Å². The average Bonchev–Trinajstić information content (AvgIpc) is 3.40. The number of nitrogens with one attached hydrogen (secondary N) is 1. The first-order valence-electron chi connectivity index (χ1n) is 10.6. The molecule has 0 aliphatic carbocycles. The van der Waals surface area contributed by atoms with Crippen molar-refractivity contribution < 1.29 is 27.2 Å². The molecule has 1 aliphatic heterocycles. The molecule has 0 fully saturated rings. The number of carbonyl (C=O) groups excluding carboxylic acids is 2. The van der Waals surface area contributed by atoms with Gasteiger partial charge in [0, 0.05) is 35.6 Å². The van der Waals surface area contributed by atoms with Gasteiger partial charge in [0.05, 0.1) is 24.7 Å². The molecule has 4 rings (SSSR count). The van der Waals surface area contributed by atoms with E-state index in [0.29, 0.717) is 39.5 Å². The van der Waals surface area contributed by atoms with E-state index >= 15 is 0 Å². The number of pyridine rings is 2. The van der Waals surface area contributed by atoms with Crippen molar-refractivity contribution >= 4 is 17.6 Å². The molecule has 4 heterocycles. The standard InChI is InChI=1S/C23H22F3N5O3/c1-13-7-15(9-28-19(13)3-5-23(24,25)26)14(2)31-10-18-17(22(31)33)4-6-27-21(18)30-20(32)8-16-11-34-12-29-16/h4,6-7,9,11-12,14H,3,5,8,10H2,1-2H3,(H,27,30,32). The fourth-order valence-electron chi connectivity index (χ4n) is 3.89. The van der Waals surface area contributed by atoms with Crippen LogP contribution in [0.3, 0.4) is 0 Å². The van der Waals surface area contributed by atoms with Crippen molar-refractivity contribution in [1.29, 1.82) is 0 Å². The second-order valence-electron chi connectivity index (χ2n) is 8.15. The summed E-state index contributed by atoms with van der Waals surface area (Å²) in [6.45, 7) is 3.76. The molecule has 0 bridgehead atoms. The zero-order chi connectivity index (χ0) is 24.5. The Kier molecular flexibility index (Phi) is 6.36. The maximum absolute atomic E-state index is 13.1. The summed E-state index contributed by atoms with van der Waals surface area (Å²) >= 11 is 0. The minimum atomic E-state index is -4.25. The molecule has 0 spiro atoms. The summed E-state index contributed by atoms with van der Waals surface area (Å²) < 4.78 is 42.5. The summed E-state index contributed by atoms with van der Waals surface area (Å²) in [6.07, 6.45) is 0.203. The van der Waals surface area contributed by atoms with Gasteiger partial charge in [-0.2, -0.15) is 13.2 Å². The highest BCUT2D eigenvalue weighted by atomic mass is 19.4. The number of hydrogen-bond acceptors (Lipinski definition) is 6. The third-order valence-electron chi connectivity index (χ3n) is 5.76. The lowest BCUT2D eigenvalue weighted by atomic mass is 10.0. The smallest absolute Gasteiger partial charge is 0.389 e. The Morgan fingerprint density at radius 2 is 2.09 bits per heavy atom. The maximum Gasteiger partial charge on any atom is 0.389 e. The zero-order valence-electron chi connectivity index (χ0n) is 18.5. The lowest BCUT2D eigenvalue weighted by molar-refractivity contribution is -0.134. The van der Waals surface area contributed by atoms with E-state index in [-0.39, 0.29) is 37.2 Å². The Bertz CT molecular complexity index is 1210. The van der Waals surface area contributed by atoms with Crippen LogP contribution in [0.15, 0.2) is 41.6 Å². The molecule has 1 aliphatic rings. The lowest BCUT2D eigenvalue weighted by Gasteiger charge is -2.25. The van der Waals surface area contributed by atoms with Crippen molar-refractivity contribution in [1.82, 2.24) is 19.9 Å². The second kappa shape index (κ2) is 9.24. The van der Waals surface area contributed by atoms with Gasteiger partial charge in [-0.25, -0.2) is 9.97 Å². The Labute approximate surface area is 193 Å². The van der Waals surface area contributed by atoms with Crippen LogP contribution in [-0.4, -0.2) is 37.8 Å². The first-order chi connectivity index (χ1) is 16.1. The molecule has 2 amide bonds. The number of aryl methyl sites for hydroxylation is 2. The van der Waals surface area contributed by atoms with E-state index in [1.165, 1.54) is 25.1 Å². The molecule has 8 nitrogen and oxygen atoms in total. The van der Waals surface area contributed by atoms with Crippen LogP contribution in [0.2, 0.25) is 0 Å². The van der Waals surface area contributed by atoms with Gasteiger partial charge in [0.2, 0.25) is 5.91 Å². The number of alkyl halides is 3. The summed E-state index contributed by atoms with van der Waals surface area (Å²) in [5.74, 6) is -0.274. The predicted octanol–water partition coefficient (Wildman–Crippen LogP) is 4.17. The highest BCUT2D eigenvalue weighted by molar-refractivity contribution is 6.01. The molecule has 0 saturated heterocycles. The highest BCUT2D eigenvalue weighted by Crippen LogP contribution is 2.34. The summed E-state index contributed by atoms with van der Waals surface area (Å²) in [4.78, 5) is 39.4. The van der Waals surface area contributed by atoms with Crippen LogP contribution >= 0.6 is 0 Å². The van der Waals surface area contributed by atoms with Crippen LogP contribution in [0.1, 0.15) is 57.8 Å². The van der Waals surface area contributed by atoms with E-state index in [9.17, 15) is 22.8 Å². The number of hydrogen-bond donors (Lipinski definition) is 1. The predicted molar refractivity (Wildman–Crippen MR) is 115 cm³/mol. The third-order valence-corrected chi connectivity index (χ3v) is 5.76. The first kappa shape index (κ1) is 23.4. The van der Waals surface area contributed by atoms with Crippen molar-refractivity contribution in [2.75, 3.05) is 5.32 Å². The molecular formula is C23H22F3N5O3. The van der Waals surface area contributed by atoms with E-state index in [1.54, 1.807) is 24.0 Å². The molecule has 1 unspecified atom stereocenters. The number of halogens is 3. The van der Waals surface area contributed by atoms with E-state index in [1.807, 2.05) is 6.92 Å². The molecule has 11 heteroatoms. The fraction of sp³-hybridized carbons (Fsp3) is 0.348. The summed E-state index contributed by atoms with van der Waals surface area (Å²) in [5.41, 5.74) is 3.23. The number of rotatable bonds is 7. The summed E-state index contributed by atoms with van der Waals surface area (Å²) in [5, 5.41) is 2.73. The van der Waals surface area contributed by atoms with Crippen LogP contribution in [0, 0.1) is 6.92 Å². The lowest BCUT2D eigenvalue weighted by Crippen LogP contribution is -2.27. The quantitative estimate of drug-likeness (QED) is 0.553. The fourth-order valence-corrected chi connectivity index (χ4v) is 3.89. The van der Waals surface area contributed by atoms with Gasteiger partial charge in [-0.15, -0.1) is 0 Å². The molecule has 0 radical (unpaired) electrons. The van der Waals surface area contributed by atoms with E-state index in [4.69, 9.17) is 4.42 Å². The van der Waals surface area contributed by atoms with Crippen LogP contribution in [0.25, 0.3) is 0 Å². The number of amides is 2. The molecule has 3 aromatic heterocycles. The van der Waals surface area contributed by atoms with Crippen molar-refractivity contribution in [3.63, 3.8) is 0 Å². The number of nitrogens with zero attached hydrogens (tertiary/aromatic N) is 4. The Morgan fingerprint density at radius 1 is 1.29 bits per heavy atom. The van der Waals surface area contributed by atoms with Crippen molar-refractivity contribution in [2.24, 2.45) is 0 Å². The van der Waals surface area contributed by atoms with Crippen molar-refractivity contribution in [3.8, 4) is 0 Å². The van der Waals surface area contributed by atoms with Gasteiger partial charge < -0.3 is 14.6 Å². The molecule has 0 aromatic carbocycles. The van der Waals surface area contributed by atoms with Gasteiger partial charge in [0.1, 0.15) is 12.1 Å². The van der Waals surface area contributed by atoms with Crippen LogP contribution < -0.4 is 5.32 Å². The molecule has 178 valence electrons. The minimum Gasteiger partial charge on any atom is -0.451 e. The molecule has 3 aromatic rings. The Hall–Kier alpha value is -3.76. The number of fused-ring (bicyclic) bond motifs is 1. The van der Waals surface area contributed by atoms with E-state index in [0.717, 1.165) is 0 Å². The second-order valence-corrected chi connectivity index (χ2v) is 8.15. The molecular weight excluding hydrogens is 451 g/mol. The SMILES string of the molecule is Cc1cc(C(C)N2Cc3c(ccnc3NC(=O)Cc3cocn3)C2=O)cnc1CCC(F)(F)F. The maximum atomic E-state index is 13.1. The van der Waals surface area contributed by atoms with Gasteiger partial charge in [-0.05, 0) is 37.5 Å². The summed E-state index contributed by atoms with van der Waals surface area (Å²) in [6, 6.07) is 2.97. The van der Waals surface area contributed by atoms with Gasteiger partial charge in [0.15, 0.2) is 6.39 Å². The number of anilines is 1. The van der Waals surface area contributed by atoms with Crippen molar-refractivity contribution in [2.45, 2.75) is 51.9 Å². The number of oxazole rings is 1. The number of carbonyl (C=O) groups is 2. The van der Waals surface area contributed by atoms with Crippen LogP contribution in [0.4, 0.5) is 19.0 Å². The average molecular weight is 473 g/mol. The van der Waals surface area contributed by atoms with Crippen LogP contribution in [0.5, 0.6) is 0 Å². The van der Waals surface area contributed by atoms with Gasteiger partial charge >= 0.3 is 6.18 Å². The largest absolute Gasteiger partial charge is 0.451 e. The number of aromatic nitrogens is 3. The van der Waals surface area contributed by atoms with Crippen molar-refractivity contribution in [3.05, 3.63) is 70.8 Å². The van der Waals surface area contributed by atoms with Gasteiger partial charge in [0.25, 0.3) is 5.91 Å². The molecule has 0 saturated carbocycles. The third kappa shape index (κ3) is 5.08. The molecule has 1 N–H and O–H groups in total. The van der Waals surface area contributed by atoms with Gasteiger partial charge in [-0.1, -0.05) is 6.07 Å². The van der Waals surface area contributed by atoms with Gasteiger partial charge in [-0.3, -0.25) is 14.6 Å². The molecule has 34 heavy (non-hydrogen) atoms. The Morgan fingerprint density at radius 3 is 2.76 bits per heavy atom. The minimum absolute atomic E-state index is 0.00153. The Balaban J connectivity index is 1.49.